The molecule has 2 saturated heterocycles. The van der Waals surface area contributed by atoms with Crippen molar-refractivity contribution in [3.05, 3.63) is 76.5 Å². The van der Waals surface area contributed by atoms with Gasteiger partial charge in [-0.05, 0) is 81.3 Å². The SMILES string of the molecule is C=C(C)NC(=O)C(CNC(=O)c1cc(-c2ccc(CN3CCOCC3)cc2)cc(N(CCC)C2CCOCC2)c1C)=C(C)C. The van der Waals surface area contributed by atoms with Crippen molar-refractivity contribution in [1.29, 1.82) is 0 Å². The molecule has 0 bridgehead atoms. The number of nitrogens with zero attached hydrogens (tertiary/aromatic N) is 2. The zero-order valence-corrected chi connectivity index (χ0v) is 27.3. The largest absolute Gasteiger partial charge is 0.381 e. The normalized spacial score (nSPS) is 15.8. The third kappa shape index (κ3) is 8.80. The Morgan fingerprint density at radius 2 is 1.64 bits per heavy atom. The van der Waals surface area contributed by atoms with Crippen LogP contribution in [0, 0.1) is 6.92 Å². The number of rotatable bonds is 12. The minimum absolute atomic E-state index is 0.133. The Hall–Kier alpha value is -3.46. The van der Waals surface area contributed by atoms with Crippen molar-refractivity contribution in [2.75, 3.05) is 57.5 Å². The number of hydrogen-bond donors (Lipinski definition) is 2. The molecular formula is C36H50N4O4. The fourth-order valence-electron chi connectivity index (χ4n) is 5.97. The molecule has 0 saturated carbocycles. The average Bonchev–Trinajstić information content (AvgIpc) is 3.01. The molecule has 0 radical (unpaired) electrons. The summed E-state index contributed by atoms with van der Waals surface area (Å²) >= 11 is 0. The summed E-state index contributed by atoms with van der Waals surface area (Å²) in [5.41, 5.74) is 7.93. The van der Waals surface area contributed by atoms with E-state index in [0.717, 1.165) is 99.8 Å². The van der Waals surface area contributed by atoms with Crippen LogP contribution in [0.1, 0.15) is 68.4 Å². The van der Waals surface area contributed by atoms with Gasteiger partial charge < -0.3 is 25.0 Å². The molecule has 8 heteroatoms. The minimum atomic E-state index is -0.241. The zero-order valence-electron chi connectivity index (χ0n) is 27.3. The molecule has 0 aromatic heterocycles. The van der Waals surface area contributed by atoms with Gasteiger partial charge in [0, 0.05) is 74.5 Å². The molecule has 4 rings (SSSR count). The van der Waals surface area contributed by atoms with Crippen LogP contribution in [0.5, 0.6) is 0 Å². The van der Waals surface area contributed by atoms with Gasteiger partial charge in [-0.25, -0.2) is 0 Å². The van der Waals surface area contributed by atoms with Gasteiger partial charge in [-0.2, -0.15) is 0 Å². The minimum Gasteiger partial charge on any atom is -0.381 e. The lowest BCUT2D eigenvalue weighted by molar-refractivity contribution is -0.116. The number of morpholine rings is 1. The van der Waals surface area contributed by atoms with Crippen LogP contribution in [0.3, 0.4) is 0 Å². The molecule has 2 N–H and O–H groups in total. The van der Waals surface area contributed by atoms with Gasteiger partial charge in [-0.15, -0.1) is 0 Å². The number of amides is 2. The van der Waals surface area contributed by atoms with Gasteiger partial charge in [0.05, 0.1) is 13.2 Å². The molecule has 2 aliphatic rings. The molecule has 2 amide bonds. The molecule has 2 aromatic carbocycles. The Morgan fingerprint density at radius 1 is 0.977 bits per heavy atom. The van der Waals surface area contributed by atoms with Gasteiger partial charge in [0.25, 0.3) is 11.8 Å². The second kappa shape index (κ2) is 16.0. The van der Waals surface area contributed by atoms with Crippen molar-refractivity contribution < 1.29 is 19.1 Å². The summed E-state index contributed by atoms with van der Waals surface area (Å²) in [5.74, 6) is -0.436. The number of carbonyl (C=O) groups is 2. The van der Waals surface area contributed by atoms with Gasteiger partial charge in [0.15, 0.2) is 0 Å². The summed E-state index contributed by atoms with van der Waals surface area (Å²) in [5, 5.41) is 5.81. The second-order valence-electron chi connectivity index (χ2n) is 12.2. The van der Waals surface area contributed by atoms with Crippen LogP contribution < -0.4 is 15.5 Å². The molecule has 2 heterocycles. The Bertz CT molecular complexity index is 1330. The molecule has 0 atom stereocenters. The summed E-state index contributed by atoms with van der Waals surface area (Å²) < 4.78 is 11.2. The molecule has 2 aromatic rings. The van der Waals surface area contributed by atoms with E-state index in [0.29, 0.717) is 22.9 Å². The van der Waals surface area contributed by atoms with Crippen LogP contribution in [0.4, 0.5) is 5.69 Å². The first-order valence-corrected chi connectivity index (χ1v) is 16.0. The lowest BCUT2D eigenvalue weighted by atomic mass is 9.94. The highest BCUT2D eigenvalue weighted by molar-refractivity contribution is 6.01. The average molecular weight is 603 g/mol. The van der Waals surface area contributed by atoms with Crippen molar-refractivity contribution in [3.8, 4) is 11.1 Å². The van der Waals surface area contributed by atoms with E-state index in [1.165, 1.54) is 5.56 Å². The zero-order chi connectivity index (χ0) is 31.6. The molecule has 0 unspecified atom stereocenters. The Kier molecular flexibility index (Phi) is 12.2. The summed E-state index contributed by atoms with van der Waals surface area (Å²) in [6, 6.07) is 13.3. The second-order valence-corrected chi connectivity index (χ2v) is 12.2. The van der Waals surface area contributed by atoms with Crippen molar-refractivity contribution in [2.45, 2.75) is 66.5 Å². The van der Waals surface area contributed by atoms with Gasteiger partial charge in [0.1, 0.15) is 0 Å². The molecule has 2 fully saturated rings. The topological polar surface area (TPSA) is 83.1 Å². The van der Waals surface area contributed by atoms with E-state index in [-0.39, 0.29) is 18.4 Å². The number of benzene rings is 2. The predicted octanol–water partition coefficient (Wildman–Crippen LogP) is 5.61. The van der Waals surface area contributed by atoms with Gasteiger partial charge in [-0.3, -0.25) is 14.5 Å². The highest BCUT2D eigenvalue weighted by Crippen LogP contribution is 2.34. The van der Waals surface area contributed by atoms with Crippen molar-refractivity contribution in [3.63, 3.8) is 0 Å². The highest BCUT2D eigenvalue weighted by Gasteiger charge is 2.26. The van der Waals surface area contributed by atoms with E-state index >= 15 is 0 Å². The third-order valence-corrected chi connectivity index (χ3v) is 8.46. The standard InChI is InChI=1S/C36H50N4O4/c1-7-14-40(31-12-17-43-18-13-31)34-22-30(29-10-8-28(9-11-29)24-39-15-19-44-20-16-39)21-32(27(34)6)35(41)37-23-33(25(2)3)36(42)38-26(4)5/h8-11,21-22,31H,4,7,12-20,23-24H2,1-3,5-6H3,(H,37,41)(H,38,42). The predicted molar refractivity (Wildman–Crippen MR) is 178 cm³/mol. The van der Waals surface area contributed by atoms with Crippen molar-refractivity contribution >= 4 is 17.5 Å². The maximum absolute atomic E-state index is 13.9. The fraction of sp³-hybridized carbons (Fsp3) is 0.500. The van der Waals surface area contributed by atoms with Gasteiger partial charge in [-0.1, -0.05) is 43.3 Å². The van der Waals surface area contributed by atoms with E-state index in [2.05, 4.69) is 64.3 Å². The van der Waals surface area contributed by atoms with Crippen molar-refractivity contribution in [1.82, 2.24) is 15.5 Å². The number of hydrogen-bond acceptors (Lipinski definition) is 6. The molecule has 8 nitrogen and oxygen atoms in total. The van der Waals surface area contributed by atoms with Crippen LogP contribution in [0.25, 0.3) is 11.1 Å². The molecule has 238 valence electrons. The monoisotopic (exact) mass is 602 g/mol. The lowest BCUT2D eigenvalue weighted by Gasteiger charge is -2.37. The van der Waals surface area contributed by atoms with Crippen LogP contribution >= 0.6 is 0 Å². The number of anilines is 1. The van der Waals surface area contributed by atoms with Crippen LogP contribution in [-0.4, -0.2) is 75.4 Å². The first-order chi connectivity index (χ1) is 21.2. The summed E-state index contributed by atoms with van der Waals surface area (Å²) in [7, 11) is 0. The first-order valence-electron chi connectivity index (χ1n) is 16.0. The Morgan fingerprint density at radius 3 is 2.25 bits per heavy atom. The van der Waals surface area contributed by atoms with Crippen molar-refractivity contribution in [2.24, 2.45) is 0 Å². The number of carbonyl (C=O) groups excluding carboxylic acids is 2. The fourth-order valence-corrected chi connectivity index (χ4v) is 5.97. The maximum Gasteiger partial charge on any atom is 0.253 e. The molecule has 2 aliphatic heterocycles. The molecule has 44 heavy (non-hydrogen) atoms. The van der Waals surface area contributed by atoms with Gasteiger partial charge >= 0.3 is 0 Å². The van der Waals surface area contributed by atoms with E-state index in [1.807, 2.05) is 26.8 Å². The molecule has 0 spiro atoms. The number of nitrogens with one attached hydrogen (secondary N) is 2. The van der Waals surface area contributed by atoms with E-state index in [4.69, 9.17) is 9.47 Å². The van der Waals surface area contributed by atoms with Crippen LogP contribution in [0.2, 0.25) is 0 Å². The number of allylic oxidation sites excluding steroid dienone is 2. The van der Waals surface area contributed by atoms with E-state index < -0.39 is 0 Å². The Balaban J connectivity index is 1.67. The summed E-state index contributed by atoms with van der Waals surface area (Å²) in [4.78, 5) is 31.5. The van der Waals surface area contributed by atoms with E-state index in [1.54, 1.807) is 6.92 Å². The smallest absolute Gasteiger partial charge is 0.253 e. The summed E-state index contributed by atoms with van der Waals surface area (Å²) in [6.45, 7) is 20.4. The lowest BCUT2D eigenvalue weighted by Crippen LogP contribution is -2.41. The Labute approximate surface area is 263 Å². The third-order valence-electron chi connectivity index (χ3n) is 8.46. The number of ether oxygens (including phenoxy) is 2. The first kappa shape index (κ1) is 33.4. The van der Waals surface area contributed by atoms with Crippen LogP contribution in [-0.2, 0) is 20.8 Å². The maximum atomic E-state index is 13.9. The van der Waals surface area contributed by atoms with Crippen LogP contribution in [0.15, 0.2) is 59.8 Å². The van der Waals surface area contributed by atoms with E-state index in [9.17, 15) is 9.59 Å². The quantitative estimate of drug-likeness (QED) is 0.308. The molecule has 0 aliphatic carbocycles. The van der Waals surface area contributed by atoms with Gasteiger partial charge in [0.2, 0.25) is 0 Å². The summed E-state index contributed by atoms with van der Waals surface area (Å²) in [6.07, 6.45) is 2.92. The highest BCUT2D eigenvalue weighted by atomic mass is 16.5. The molecular weight excluding hydrogens is 552 g/mol.